The third-order valence-corrected chi connectivity index (χ3v) is 10.2. The minimum atomic E-state index is 0.614. The van der Waals surface area contributed by atoms with Crippen molar-refractivity contribution in [2.45, 2.75) is 31.6 Å². The first-order valence-corrected chi connectivity index (χ1v) is 17.3. The zero-order valence-electron chi connectivity index (χ0n) is 27.2. The Bertz CT molecular complexity index is 2180. The van der Waals surface area contributed by atoms with E-state index >= 15 is 0 Å². The fraction of sp³-hybridized carbons (Fsp3) is 0.159. The highest BCUT2D eigenvalue weighted by Crippen LogP contribution is 2.53. The van der Waals surface area contributed by atoms with E-state index in [9.17, 15) is 0 Å². The Morgan fingerprint density at radius 2 is 0.857 bits per heavy atom. The van der Waals surface area contributed by atoms with Gasteiger partial charge in [0.05, 0.1) is 11.4 Å². The summed E-state index contributed by atoms with van der Waals surface area (Å²) < 4.78 is 0. The number of fused-ring (bicyclic) bond motifs is 2. The zero-order valence-corrected chi connectivity index (χ0v) is 27.2. The predicted molar refractivity (Wildman–Crippen MR) is 196 cm³/mol. The average Bonchev–Trinajstić information content (AvgIpc) is 3.83. The third-order valence-electron chi connectivity index (χ3n) is 10.2. The van der Waals surface area contributed by atoms with Crippen LogP contribution in [-0.2, 0) is 0 Å². The fourth-order valence-corrected chi connectivity index (χ4v) is 7.77. The molecule has 2 aliphatic rings. The molecule has 2 aromatic heterocycles. The van der Waals surface area contributed by atoms with Gasteiger partial charge in [-0.3, -0.25) is 0 Å². The minimum absolute atomic E-state index is 0.614. The number of hydrogen-bond acceptors (Lipinski definition) is 5. The molecule has 0 aliphatic heterocycles. The van der Waals surface area contributed by atoms with Gasteiger partial charge < -0.3 is 0 Å². The minimum Gasteiger partial charge on any atom is -0.228 e. The summed E-state index contributed by atoms with van der Waals surface area (Å²) in [5.74, 6) is 5.08. The summed E-state index contributed by atoms with van der Waals surface area (Å²) in [5.41, 5.74) is 9.07. The molecule has 2 bridgehead atoms. The Morgan fingerprint density at radius 1 is 0.367 bits per heavy atom. The summed E-state index contributed by atoms with van der Waals surface area (Å²) in [6.07, 6.45) is 5.56. The van der Waals surface area contributed by atoms with Crippen LogP contribution < -0.4 is 0 Å². The van der Waals surface area contributed by atoms with Crippen molar-refractivity contribution >= 4 is 0 Å². The van der Waals surface area contributed by atoms with Gasteiger partial charge >= 0.3 is 0 Å². The van der Waals surface area contributed by atoms with E-state index in [4.69, 9.17) is 24.9 Å². The number of hydrogen-bond donors (Lipinski definition) is 0. The summed E-state index contributed by atoms with van der Waals surface area (Å²) in [6.45, 7) is 0. The van der Waals surface area contributed by atoms with E-state index in [-0.39, 0.29) is 0 Å². The summed E-state index contributed by atoms with van der Waals surface area (Å²) in [6, 6.07) is 50.0. The molecule has 5 heteroatoms. The number of aromatic nitrogens is 5. The second-order valence-electron chi connectivity index (χ2n) is 13.4. The van der Waals surface area contributed by atoms with Gasteiger partial charge in [0.25, 0.3) is 0 Å². The van der Waals surface area contributed by atoms with Crippen LogP contribution in [-0.4, -0.2) is 24.9 Å². The molecule has 0 spiro atoms. The summed E-state index contributed by atoms with van der Waals surface area (Å²) >= 11 is 0. The van der Waals surface area contributed by atoms with Crippen LogP contribution in [0.1, 0.15) is 37.2 Å². The van der Waals surface area contributed by atoms with Gasteiger partial charge in [-0.05, 0) is 54.7 Å². The highest BCUT2D eigenvalue weighted by atomic mass is 15.0. The standard InChI is InChI=1S/C44H35N5/c1-4-11-32(12-5-1)41-45-39(31-23-21-30(22-24-31)38-26-29-19-20-35(38)25-29)28-40(46-41)36-17-10-18-37(27-36)44-48-42(33-13-6-2-7-14-33)47-43(49-44)34-15-8-3-9-16-34/h1-18,21-24,27-29,35,38H,19-20,25-26H2. The average molecular weight is 634 g/mol. The van der Waals surface area contributed by atoms with Crippen LogP contribution in [0.2, 0.25) is 0 Å². The first-order chi connectivity index (χ1) is 24.2. The molecule has 5 nitrogen and oxygen atoms in total. The summed E-state index contributed by atoms with van der Waals surface area (Å²) in [7, 11) is 0. The first-order valence-electron chi connectivity index (χ1n) is 17.3. The van der Waals surface area contributed by atoms with Gasteiger partial charge in [0.1, 0.15) is 0 Å². The molecule has 0 saturated heterocycles. The second-order valence-corrected chi connectivity index (χ2v) is 13.4. The lowest BCUT2D eigenvalue weighted by atomic mass is 9.83. The van der Waals surface area contributed by atoms with E-state index in [1.807, 2.05) is 84.9 Å². The van der Waals surface area contributed by atoms with Crippen molar-refractivity contribution in [2.75, 3.05) is 0 Å². The maximum Gasteiger partial charge on any atom is 0.164 e. The molecule has 2 aliphatic carbocycles. The molecule has 2 saturated carbocycles. The molecule has 49 heavy (non-hydrogen) atoms. The van der Waals surface area contributed by atoms with Crippen LogP contribution in [0, 0.1) is 11.8 Å². The largest absolute Gasteiger partial charge is 0.228 e. The van der Waals surface area contributed by atoms with E-state index in [1.165, 1.54) is 31.2 Å². The monoisotopic (exact) mass is 633 g/mol. The zero-order chi connectivity index (χ0) is 32.6. The highest BCUT2D eigenvalue weighted by molar-refractivity contribution is 5.75. The van der Waals surface area contributed by atoms with Gasteiger partial charge in [-0.25, -0.2) is 24.9 Å². The molecule has 3 atom stereocenters. The fourth-order valence-electron chi connectivity index (χ4n) is 7.77. The Hall–Kier alpha value is -5.81. The third kappa shape index (κ3) is 5.93. The maximum absolute atomic E-state index is 5.11. The molecule has 236 valence electrons. The van der Waals surface area contributed by atoms with Crippen LogP contribution in [0.3, 0.4) is 0 Å². The topological polar surface area (TPSA) is 64.5 Å². The van der Waals surface area contributed by atoms with Crippen LogP contribution in [0.4, 0.5) is 0 Å². The van der Waals surface area contributed by atoms with E-state index in [1.54, 1.807) is 0 Å². The van der Waals surface area contributed by atoms with Crippen molar-refractivity contribution in [2.24, 2.45) is 11.8 Å². The van der Waals surface area contributed by atoms with E-state index in [2.05, 4.69) is 60.7 Å². The van der Waals surface area contributed by atoms with E-state index in [0.29, 0.717) is 29.2 Å². The second kappa shape index (κ2) is 12.7. The molecule has 2 fully saturated rings. The lowest BCUT2D eigenvalue weighted by Crippen LogP contribution is -2.08. The summed E-state index contributed by atoms with van der Waals surface area (Å²) in [4.78, 5) is 25.0. The number of rotatable bonds is 7. The van der Waals surface area contributed by atoms with Crippen LogP contribution in [0.25, 0.3) is 68.1 Å². The normalized spacial score (nSPS) is 18.1. The van der Waals surface area contributed by atoms with Gasteiger partial charge in [0.2, 0.25) is 0 Å². The Morgan fingerprint density at radius 3 is 1.39 bits per heavy atom. The summed E-state index contributed by atoms with van der Waals surface area (Å²) in [5, 5.41) is 0. The van der Waals surface area contributed by atoms with Crippen molar-refractivity contribution < 1.29 is 0 Å². The predicted octanol–water partition coefficient (Wildman–Crippen LogP) is 10.6. The quantitative estimate of drug-likeness (QED) is 0.175. The molecule has 9 rings (SSSR count). The molecular weight excluding hydrogens is 599 g/mol. The molecule has 0 radical (unpaired) electrons. The molecule has 0 amide bonds. The molecule has 2 heterocycles. The molecule has 7 aromatic rings. The van der Waals surface area contributed by atoms with Crippen molar-refractivity contribution in [3.63, 3.8) is 0 Å². The van der Waals surface area contributed by atoms with Gasteiger partial charge in [0, 0.05) is 33.4 Å². The van der Waals surface area contributed by atoms with Gasteiger partial charge in [-0.1, -0.05) is 140 Å². The van der Waals surface area contributed by atoms with Crippen molar-refractivity contribution in [1.29, 1.82) is 0 Å². The lowest BCUT2D eigenvalue weighted by Gasteiger charge is -2.22. The van der Waals surface area contributed by atoms with Crippen molar-refractivity contribution in [1.82, 2.24) is 24.9 Å². The molecular formula is C44H35N5. The van der Waals surface area contributed by atoms with Crippen molar-refractivity contribution in [3.8, 4) is 68.1 Å². The molecule has 3 unspecified atom stereocenters. The molecule has 5 aromatic carbocycles. The maximum atomic E-state index is 5.11. The van der Waals surface area contributed by atoms with Gasteiger partial charge in [-0.2, -0.15) is 0 Å². The van der Waals surface area contributed by atoms with E-state index in [0.717, 1.165) is 56.6 Å². The first kappa shape index (κ1) is 29.3. The van der Waals surface area contributed by atoms with E-state index < -0.39 is 0 Å². The van der Waals surface area contributed by atoms with Crippen LogP contribution in [0.15, 0.2) is 146 Å². The lowest BCUT2D eigenvalue weighted by molar-refractivity contribution is 0.420. The smallest absolute Gasteiger partial charge is 0.164 e. The Kier molecular flexibility index (Phi) is 7.58. The Balaban J connectivity index is 1.12. The van der Waals surface area contributed by atoms with Gasteiger partial charge in [0.15, 0.2) is 23.3 Å². The van der Waals surface area contributed by atoms with Crippen LogP contribution in [0.5, 0.6) is 0 Å². The number of benzene rings is 5. The SMILES string of the molecule is c1ccc(-c2nc(-c3ccc(C4CC5CCC4C5)cc3)cc(-c3cccc(-c4nc(-c5ccccc5)nc(-c5ccccc5)n4)c3)n2)cc1. The highest BCUT2D eigenvalue weighted by Gasteiger charge is 2.40. The molecule has 0 N–H and O–H groups in total. The van der Waals surface area contributed by atoms with Crippen LogP contribution >= 0.6 is 0 Å². The van der Waals surface area contributed by atoms with Crippen molar-refractivity contribution in [3.05, 3.63) is 151 Å². The van der Waals surface area contributed by atoms with Gasteiger partial charge in [-0.15, -0.1) is 0 Å². The Labute approximate surface area is 286 Å². The number of nitrogens with zero attached hydrogens (tertiary/aromatic N) is 5.